The van der Waals surface area contributed by atoms with Gasteiger partial charge in [-0.15, -0.1) is 0 Å². The maximum atomic E-state index is 12.4. The van der Waals surface area contributed by atoms with Crippen LogP contribution in [0.3, 0.4) is 0 Å². The highest BCUT2D eigenvalue weighted by Crippen LogP contribution is 2.21. The quantitative estimate of drug-likeness (QED) is 0.753. The first-order valence-corrected chi connectivity index (χ1v) is 6.96. The lowest BCUT2D eigenvalue weighted by Crippen LogP contribution is -2.49. The summed E-state index contributed by atoms with van der Waals surface area (Å²) < 4.78 is 1.57. The summed E-state index contributed by atoms with van der Waals surface area (Å²) in [6.45, 7) is 5.13. The molecule has 0 radical (unpaired) electrons. The minimum absolute atomic E-state index is 0.118. The van der Waals surface area contributed by atoms with Gasteiger partial charge in [-0.3, -0.25) is 14.4 Å². The van der Waals surface area contributed by atoms with Gasteiger partial charge in [0.15, 0.2) is 5.78 Å². The molecule has 0 unspecified atom stereocenters. The van der Waals surface area contributed by atoms with E-state index in [1.54, 1.807) is 17.8 Å². The van der Waals surface area contributed by atoms with Gasteiger partial charge in [-0.05, 0) is 25.8 Å². The Balaban J connectivity index is 3.02. The lowest BCUT2D eigenvalue weighted by atomic mass is 9.89. The zero-order chi connectivity index (χ0) is 16.2. The zero-order valence-corrected chi connectivity index (χ0v) is 12.9. The molecule has 6 heteroatoms. The van der Waals surface area contributed by atoms with Crippen molar-refractivity contribution in [2.24, 2.45) is 7.05 Å². The van der Waals surface area contributed by atoms with E-state index in [-0.39, 0.29) is 18.1 Å². The van der Waals surface area contributed by atoms with E-state index in [4.69, 9.17) is 5.11 Å². The van der Waals surface area contributed by atoms with Crippen LogP contribution >= 0.6 is 0 Å². The number of hydrogen-bond donors (Lipinski definition) is 2. The highest BCUT2D eigenvalue weighted by Gasteiger charge is 2.32. The molecule has 0 saturated carbocycles. The number of amides is 1. The highest BCUT2D eigenvalue weighted by atomic mass is 16.4. The number of aromatic nitrogens is 1. The molecule has 21 heavy (non-hydrogen) atoms. The van der Waals surface area contributed by atoms with Crippen molar-refractivity contribution in [3.8, 4) is 0 Å². The maximum Gasteiger partial charge on any atom is 0.305 e. The number of carbonyl (C=O) groups is 3. The van der Waals surface area contributed by atoms with Gasteiger partial charge in [-0.25, -0.2) is 0 Å². The second-order valence-electron chi connectivity index (χ2n) is 5.29. The molecular formula is C15H22N2O4. The van der Waals surface area contributed by atoms with E-state index in [1.807, 2.05) is 13.8 Å². The summed E-state index contributed by atoms with van der Waals surface area (Å²) in [6, 6.07) is 1.52. The molecule has 0 spiro atoms. The molecule has 1 aromatic rings. The van der Waals surface area contributed by atoms with Crippen molar-refractivity contribution in [2.45, 2.75) is 45.6 Å². The molecule has 0 aromatic carbocycles. The number of carboxylic acid groups (broad SMARTS) is 1. The average molecular weight is 294 g/mol. The third-order valence-electron chi connectivity index (χ3n) is 3.87. The molecule has 1 heterocycles. The van der Waals surface area contributed by atoms with E-state index in [2.05, 4.69) is 5.32 Å². The predicted octanol–water partition coefficient (Wildman–Crippen LogP) is 1.99. The normalized spacial score (nSPS) is 11.2. The van der Waals surface area contributed by atoms with Crippen molar-refractivity contribution in [3.05, 3.63) is 23.5 Å². The summed E-state index contributed by atoms with van der Waals surface area (Å²) in [7, 11) is 1.68. The number of nitrogens with zero attached hydrogens (tertiary/aromatic N) is 1. The Hall–Kier alpha value is -2.11. The number of nitrogens with one attached hydrogen (secondary N) is 1. The molecule has 0 aliphatic rings. The van der Waals surface area contributed by atoms with Gasteiger partial charge < -0.3 is 15.0 Å². The number of carbonyl (C=O) groups excluding carboxylic acids is 2. The molecule has 6 nitrogen and oxygen atoms in total. The second-order valence-corrected chi connectivity index (χ2v) is 5.29. The fraction of sp³-hybridized carbons (Fsp3) is 0.533. The molecule has 116 valence electrons. The van der Waals surface area contributed by atoms with Crippen LogP contribution in [0.15, 0.2) is 12.3 Å². The number of carboxylic acids is 1. The monoisotopic (exact) mass is 294 g/mol. The molecule has 1 amide bonds. The minimum Gasteiger partial charge on any atom is -0.481 e. The van der Waals surface area contributed by atoms with Crippen molar-refractivity contribution < 1.29 is 19.5 Å². The van der Waals surface area contributed by atoms with Gasteiger partial charge in [0.05, 0.1) is 12.0 Å². The number of aryl methyl sites for hydroxylation is 1. The summed E-state index contributed by atoms with van der Waals surface area (Å²) in [4.78, 5) is 34.7. The van der Waals surface area contributed by atoms with Gasteiger partial charge in [0.25, 0.3) is 5.91 Å². The first-order chi connectivity index (χ1) is 9.74. The largest absolute Gasteiger partial charge is 0.481 e. The van der Waals surface area contributed by atoms with Crippen LogP contribution in [0, 0.1) is 0 Å². The second kappa shape index (κ2) is 6.56. The minimum atomic E-state index is -0.949. The van der Waals surface area contributed by atoms with Gasteiger partial charge in [-0.1, -0.05) is 13.8 Å². The first kappa shape index (κ1) is 16.9. The van der Waals surface area contributed by atoms with Crippen LogP contribution in [0.2, 0.25) is 0 Å². The van der Waals surface area contributed by atoms with Crippen LogP contribution < -0.4 is 5.32 Å². The molecule has 0 saturated heterocycles. The lowest BCUT2D eigenvalue weighted by molar-refractivity contribution is -0.138. The van der Waals surface area contributed by atoms with Crippen molar-refractivity contribution in [3.63, 3.8) is 0 Å². The van der Waals surface area contributed by atoms with Gasteiger partial charge in [0, 0.05) is 18.8 Å². The summed E-state index contributed by atoms with van der Waals surface area (Å²) in [5.74, 6) is -1.43. The molecule has 0 aliphatic heterocycles. The number of Topliss-reactive ketones (excluding diaryl/α,β-unsaturated/α-hetero) is 1. The van der Waals surface area contributed by atoms with Crippen LogP contribution in [0.4, 0.5) is 0 Å². The Morgan fingerprint density at radius 1 is 1.29 bits per heavy atom. The smallest absolute Gasteiger partial charge is 0.305 e. The molecule has 0 aliphatic carbocycles. The number of hydrogen-bond acceptors (Lipinski definition) is 3. The third-order valence-corrected chi connectivity index (χ3v) is 3.87. The average Bonchev–Trinajstić information content (AvgIpc) is 2.79. The fourth-order valence-electron chi connectivity index (χ4n) is 2.30. The number of rotatable bonds is 7. The Morgan fingerprint density at radius 2 is 1.86 bits per heavy atom. The molecule has 0 atom stereocenters. The third kappa shape index (κ3) is 3.93. The van der Waals surface area contributed by atoms with Crippen LogP contribution in [0.25, 0.3) is 0 Å². The SMILES string of the molecule is CCC(CC)(CC(=O)O)NC(=O)c1cc(C(C)=O)cn1C. The Morgan fingerprint density at radius 3 is 2.24 bits per heavy atom. The van der Waals surface area contributed by atoms with Crippen LogP contribution in [-0.2, 0) is 11.8 Å². The summed E-state index contributed by atoms with van der Waals surface area (Å²) in [5, 5.41) is 11.8. The Bertz CT molecular complexity index is 556. The predicted molar refractivity (Wildman–Crippen MR) is 78.4 cm³/mol. The van der Waals surface area contributed by atoms with Crippen molar-refractivity contribution in [2.75, 3.05) is 0 Å². The fourth-order valence-corrected chi connectivity index (χ4v) is 2.30. The number of ketones is 1. The van der Waals surface area contributed by atoms with Crippen LogP contribution in [0.5, 0.6) is 0 Å². The summed E-state index contributed by atoms with van der Waals surface area (Å²) in [5.41, 5.74) is 0.0279. The summed E-state index contributed by atoms with van der Waals surface area (Å²) in [6.07, 6.45) is 2.50. The van der Waals surface area contributed by atoms with Gasteiger partial charge in [-0.2, -0.15) is 0 Å². The summed E-state index contributed by atoms with van der Waals surface area (Å²) >= 11 is 0. The molecular weight excluding hydrogens is 272 g/mol. The lowest BCUT2D eigenvalue weighted by Gasteiger charge is -2.31. The van der Waals surface area contributed by atoms with E-state index in [9.17, 15) is 14.4 Å². The van der Waals surface area contributed by atoms with E-state index in [0.717, 1.165) is 0 Å². The van der Waals surface area contributed by atoms with E-state index in [1.165, 1.54) is 13.0 Å². The molecule has 2 N–H and O–H groups in total. The van der Waals surface area contributed by atoms with Gasteiger partial charge in [0.1, 0.15) is 5.69 Å². The zero-order valence-electron chi connectivity index (χ0n) is 12.9. The van der Waals surface area contributed by atoms with Crippen LogP contribution in [0.1, 0.15) is 60.9 Å². The Labute approximate surface area is 124 Å². The first-order valence-electron chi connectivity index (χ1n) is 6.96. The van der Waals surface area contributed by atoms with Crippen molar-refractivity contribution >= 4 is 17.7 Å². The van der Waals surface area contributed by atoms with Crippen LogP contribution in [-0.4, -0.2) is 32.9 Å². The van der Waals surface area contributed by atoms with E-state index < -0.39 is 11.5 Å². The highest BCUT2D eigenvalue weighted by molar-refractivity contribution is 5.99. The molecule has 1 aromatic heterocycles. The van der Waals surface area contributed by atoms with E-state index >= 15 is 0 Å². The van der Waals surface area contributed by atoms with Gasteiger partial charge in [0.2, 0.25) is 0 Å². The Kier molecular flexibility index (Phi) is 5.29. The van der Waals surface area contributed by atoms with E-state index in [0.29, 0.717) is 24.1 Å². The topological polar surface area (TPSA) is 88.4 Å². The molecule has 0 fully saturated rings. The molecule has 0 bridgehead atoms. The number of aliphatic carboxylic acids is 1. The van der Waals surface area contributed by atoms with Gasteiger partial charge >= 0.3 is 5.97 Å². The molecule has 1 rings (SSSR count). The van der Waals surface area contributed by atoms with Crippen molar-refractivity contribution in [1.82, 2.24) is 9.88 Å². The standard InChI is InChI=1S/C15H22N2O4/c1-5-15(6-2,8-13(19)20)16-14(21)12-7-11(10(3)18)9-17(12)4/h7,9H,5-6,8H2,1-4H3,(H,16,21)(H,19,20). The van der Waals surface area contributed by atoms with Crippen molar-refractivity contribution in [1.29, 1.82) is 0 Å². The maximum absolute atomic E-state index is 12.4.